The van der Waals surface area contributed by atoms with Crippen molar-refractivity contribution in [3.8, 4) is 0 Å². The van der Waals surface area contributed by atoms with Gasteiger partial charge in [-0.1, -0.05) is 45.2 Å². The lowest BCUT2D eigenvalue weighted by Gasteiger charge is -2.21. The average Bonchev–Trinajstić information content (AvgIpc) is 2.59. The molecule has 0 unspecified atom stereocenters. The van der Waals surface area contributed by atoms with Gasteiger partial charge >= 0.3 is 6.03 Å². The zero-order valence-corrected chi connectivity index (χ0v) is 14.7. The fraction of sp³-hybridized carbons (Fsp3) is 0.579. The maximum atomic E-state index is 11.9. The van der Waals surface area contributed by atoms with Crippen LogP contribution in [0.1, 0.15) is 51.5 Å². The second-order valence-electron chi connectivity index (χ2n) is 6.91. The summed E-state index contributed by atoms with van der Waals surface area (Å²) in [5.41, 5.74) is 1.72. The van der Waals surface area contributed by atoms with Crippen molar-refractivity contribution in [3.63, 3.8) is 0 Å². The lowest BCUT2D eigenvalue weighted by atomic mass is 9.89. The Morgan fingerprint density at radius 2 is 1.88 bits per heavy atom. The molecule has 24 heavy (non-hydrogen) atoms. The summed E-state index contributed by atoms with van der Waals surface area (Å²) in [7, 11) is 0. The van der Waals surface area contributed by atoms with Gasteiger partial charge in [-0.25, -0.2) is 4.79 Å². The molecule has 132 valence electrons. The molecule has 1 aliphatic carbocycles. The van der Waals surface area contributed by atoms with E-state index in [1.165, 1.54) is 32.1 Å². The molecule has 1 aromatic rings. The van der Waals surface area contributed by atoms with Gasteiger partial charge in [-0.2, -0.15) is 0 Å². The molecule has 0 radical (unpaired) electrons. The van der Waals surface area contributed by atoms with Gasteiger partial charge in [0.05, 0.1) is 0 Å². The van der Waals surface area contributed by atoms with Gasteiger partial charge in [0.25, 0.3) is 0 Å². The van der Waals surface area contributed by atoms with Gasteiger partial charge in [-0.3, -0.25) is 4.79 Å². The van der Waals surface area contributed by atoms with E-state index >= 15 is 0 Å². The van der Waals surface area contributed by atoms with E-state index in [9.17, 15) is 9.59 Å². The molecule has 5 nitrogen and oxygen atoms in total. The number of carbonyl (C=O) groups is 2. The quantitative estimate of drug-likeness (QED) is 0.744. The molecule has 0 aliphatic heterocycles. The molecule has 0 aromatic heterocycles. The number of amides is 3. The largest absolute Gasteiger partial charge is 0.338 e. The zero-order valence-electron chi connectivity index (χ0n) is 14.7. The van der Waals surface area contributed by atoms with Crippen molar-refractivity contribution in [1.82, 2.24) is 10.6 Å². The van der Waals surface area contributed by atoms with E-state index in [-0.39, 0.29) is 17.9 Å². The highest BCUT2D eigenvalue weighted by molar-refractivity contribution is 5.92. The van der Waals surface area contributed by atoms with Crippen molar-refractivity contribution in [2.75, 3.05) is 11.9 Å². The van der Waals surface area contributed by atoms with Gasteiger partial charge in [-0.15, -0.1) is 0 Å². The number of benzene rings is 1. The van der Waals surface area contributed by atoms with Crippen LogP contribution in [0.3, 0.4) is 0 Å². The average molecular weight is 331 g/mol. The van der Waals surface area contributed by atoms with Gasteiger partial charge in [0.2, 0.25) is 5.91 Å². The van der Waals surface area contributed by atoms with E-state index in [1.807, 2.05) is 38.1 Å². The van der Waals surface area contributed by atoms with Crippen molar-refractivity contribution < 1.29 is 9.59 Å². The van der Waals surface area contributed by atoms with Crippen LogP contribution in [0, 0.1) is 11.8 Å². The van der Waals surface area contributed by atoms with Crippen molar-refractivity contribution in [3.05, 3.63) is 29.8 Å². The third-order valence-corrected chi connectivity index (χ3v) is 4.45. The number of carbonyl (C=O) groups excluding carboxylic acids is 2. The van der Waals surface area contributed by atoms with Crippen molar-refractivity contribution in [2.24, 2.45) is 11.8 Å². The first-order valence-corrected chi connectivity index (χ1v) is 8.96. The molecule has 1 fully saturated rings. The van der Waals surface area contributed by atoms with Crippen molar-refractivity contribution in [2.45, 2.75) is 52.5 Å². The van der Waals surface area contributed by atoms with Crippen molar-refractivity contribution >= 4 is 17.6 Å². The van der Waals surface area contributed by atoms with Crippen LogP contribution in [0.25, 0.3) is 0 Å². The third kappa shape index (κ3) is 6.22. The van der Waals surface area contributed by atoms with E-state index in [4.69, 9.17) is 0 Å². The van der Waals surface area contributed by atoms with E-state index < -0.39 is 0 Å². The second kappa shape index (κ2) is 9.30. The molecule has 2 rings (SSSR count). The molecule has 3 N–H and O–H groups in total. The van der Waals surface area contributed by atoms with Gasteiger partial charge in [0.15, 0.2) is 0 Å². The first-order valence-electron chi connectivity index (χ1n) is 8.96. The number of hydrogen-bond acceptors (Lipinski definition) is 2. The van der Waals surface area contributed by atoms with E-state index in [0.29, 0.717) is 12.5 Å². The van der Waals surface area contributed by atoms with E-state index in [1.54, 1.807) is 0 Å². The molecule has 1 aromatic carbocycles. The summed E-state index contributed by atoms with van der Waals surface area (Å²) >= 11 is 0. The van der Waals surface area contributed by atoms with Crippen LogP contribution < -0.4 is 16.0 Å². The molecule has 1 saturated carbocycles. The highest BCUT2D eigenvalue weighted by Crippen LogP contribution is 2.22. The number of anilines is 1. The van der Waals surface area contributed by atoms with Crippen LogP contribution in [0.4, 0.5) is 10.5 Å². The molecular weight excluding hydrogens is 302 g/mol. The molecular formula is C19H29N3O2. The van der Waals surface area contributed by atoms with E-state index in [2.05, 4.69) is 16.0 Å². The van der Waals surface area contributed by atoms with Crippen LogP contribution >= 0.6 is 0 Å². The molecule has 0 saturated heterocycles. The molecule has 0 heterocycles. The third-order valence-electron chi connectivity index (χ3n) is 4.45. The summed E-state index contributed by atoms with van der Waals surface area (Å²) in [4.78, 5) is 23.7. The molecule has 0 bridgehead atoms. The smallest absolute Gasteiger partial charge is 0.315 e. The van der Waals surface area contributed by atoms with Crippen molar-refractivity contribution in [1.29, 1.82) is 0 Å². The maximum absolute atomic E-state index is 11.9. The Morgan fingerprint density at radius 1 is 1.12 bits per heavy atom. The minimum atomic E-state index is -0.128. The van der Waals surface area contributed by atoms with Gasteiger partial charge in [0, 0.05) is 24.7 Å². The van der Waals surface area contributed by atoms with Crippen LogP contribution in [-0.2, 0) is 11.3 Å². The molecule has 5 heteroatoms. The Labute approximate surface area is 144 Å². The highest BCUT2D eigenvalue weighted by atomic mass is 16.2. The minimum absolute atomic E-state index is 0.00895. The lowest BCUT2D eigenvalue weighted by molar-refractivity contribution is -0.118. The lowest BCUT2D eigenvalue weighted by Crippen LogP contribution is -2.38. The summed E-state index contributed by atoms with van der Waals surface area (Å²) in [6.07, 6.45) is 6.33. The van der Waals surface area contributed by atoms with Crippen LogP contribution in [-0.4, -0.2) is 18.5 Å². The summed E-state index contributed by atoms with van der Waals surface area (Å²) in [5, 5.41) is 8.71. The standard InChI is InChI=1S/C19H29N3O2/c1-14(2)18(23)22-17-10-6-9-16(11-17)13-21-19(24)20-12-15-7-4-3-5-8-15/h6,9-11,14-15H,3-5,7-8,12-13H2,1-2H3,(H,22,23)(H2,20,21,24). The summed E-state index contributed by atoms with van der Waals surface area (Å²) in [5.74, 6) is 0.557. The van der Waals surface area contributed by atoms with Gasteiger partial charge < -0.3 is 16.0 Å². The normalized spacial score (nSPS) is 15.1. The fourth-order valence-corrected chi connectivity index (χ4v) is 2.92. The van der Waals surface area contributed by atoms with Gasteiger partial charge in [-0.05, 0) is 36.5 Å². The number of rotatable bonds is 6. The monoisotopic (exact) mass is 331 g/mol. The Balaban J connectivity index is 1.74. The Kier molecular flexibility index (Phi) is 7.09. The minimum Gasteiger partial charge on any atom is -0.338 e. The topological polar surface area (TPSA) is 70.2 Å². The highest BCUT2D eigenvalue weighted by Gasteiger charge is 2.14. The maximum Gasteiger partial charge on any atom is 0.315 e. The number of hydrogen-bond donors (Lipinski definition) is 3. The number of urea groups is 1. The Bertz CT molecular complexity index is 551. The molecule has 0 atom stereocenters. The second-order valence-corrected chi connectivity index (χ2v) is 6.91. The summed E-state index contributed by atoms with van der Waals surface area (Å²) in [6, 6.07) is 7.44. The predicted octanol–water partition coefficient (Wildman–Crippen LogP) is 3.66. The Hall–Kier alpha value is -2.04. The van der Waals surface area contributed by atoms with Crippen LogP contribution in [0.2, 0.25) is 0 Å². The van der Waals surface area contributed by atoms with Gasteiger partial charge in [0.1, 0.15) is 0 Å². The SMILES string of the molecule is CC(C)C(=O)Nc1cccc(CNC(=O)NCC2CCCCC2)c1. The predicted molar refractivity (Wildman–Crippen MR) is 96.7 cm³/mol. The fourth-order valence-electron chi connectivity index (χ4n) is 2.92. The van der Waals surface area contributed by atoms with Crippen LogP contribution in [0.15, 0.2) is 24.3 Å². The first kappa shape index (κ1) is 18.3. The summed E-state index contributed by atoms with van der Waals surface area (Å²) in [6.45, 7) is 4.92. The number of nitrogens with one attached hydrogen (secondary N) is 3. The molecule has 1 aliphatic rings. The molecule has 0 spiro atoms. The Morgan fingerprint density at radius 3 is 2.58 bits per heavy atom. The summed E-state index contributed by atoms with van der Waals surface area (Å²) < 4.78 is 0. The zero-order chi connectivity index (χ0) is 17.4. The van der Waals surface area contributed by atoms with Crippen LogP contribution in [0.5, 0.6) is 0 Å². The first-order chi connectivity index (χ1) is 11.5. The van der Waals surface area contributed by atoms with E-state index in [0.717, 1.165) is 17.8 Å². The molecule has 3 amide bonds.